The number of benzene rings is 24. The van der Waals surface area contributed by atoms with Gasteiger partial charge in [-0.15, -0.1) is 0 Å². The van der Waals surface area contributed by atoms with Gasteiger partial charge in [0.1, 0.15) is 33.5 Å². The second-order valence-corrected chi connectivity index (χ2v) is 36.5. The highest BCUT2D eigenvalue weighted by Crippen LogP contribution is 2.48. The molecule has 0 spiro atoms. The van der Waals surface area contributed by atoms with Crippen LogP contribution < -0.4 is 14.7 Å². The van der Waals surface area contributed by atoms with Crippen LogP contribution in [0.3, 0.4) is 0 Å². The third-order valence-electron chi connectivity index (χ3n) is 27.8. The molecule has 0 amide bonds. The molecule has 24 aromatic carbocycles. The van der Waals surface area contributed by atoms with Crippen molar-refractivity contribution >= 4 is 149 Å². The van der Waals surface area contributed by atoms with Gasteiger partial charge in [0.2, 0.25) is 0 Å². The SMILES string of the molecule is c1ccc(-c2ccc(N(c3ccc(-c4cccc(-c5cccc6oc7ccccc7c56)c4)cc3)c3ccc4ccccc4c3)cc2)cc1.c1ccc(-c2ccc3oc4ccc(-c5cccc(N(c6ccccc6)c6ccc(-c7cccc8ccccc78)cc6)c5)cc4c3c2)cc1.c1ccc(-c2cccc(N(c3ccc(-c4cccc5ccccc45)cc3)c3ccc(-c4cccc5oc6ccccc6c45)cc3)c2)cc1. The number of hydrogen-bond acceptors (Lipinski definition) is 6. The number of rotatable bonds is 18. The topological polar surface area (TPSA) is 49.1 Å². The van der Waals surface area contributed by atoms with Gasteiger partial charge in [0.15, 0.2) is 0 Å². The van der Waals surface area contributed by atoms with Crippen molar-refractivity contribution in [3.05, 3.63) is 564 Å². The van der Waals surface area contributed by atoms with Crippen molar-refractivity contribution < 1.29 is 13.3 Å². The molecule has 6 nitrogen and oxygen atoms in total. The fraction of sp³-hybridized carbons (Fsp3) is 0. The Bertz CT molecular complexity index is 9350. The van der Waals surface area contributed by atoms with Crippen LogP contribution in [0.2, 0.25) is 0 Å². The van der Waals surface area contributed by atoms with Crippen LogP contribution >= 0.6 is 0 Å². The Morgan fingerprint density at radius 3 is 0.833 bits per heavy atom. The highest BCUT2D eigenvalue weighted by molar-refractivity contribution is 6.15. The lowest BCUT2D eigenvalue weighted by atomic mass is 9.96. The lowest BCUT2D eigenvalue weighted by Gasteiger charge is -2.26. The van der Waals surface area contributed by atoms with Crippen molar-refractivity contribution in [1.82, 2.24) is 0 Å². The Kier molecular flexibility index (Phi) is 23.0. The first-order valence-electron chi connectivity index (χ1n) is 49.0. The van der Waals surface area contributed by atoms with Gasteiger partial charge >= 0.3 is 0 Å². The van der Waals surface area contributed by atoms with Crippen LogP contribution in [0, 0.1) is 0 Å². The molecule has 0 bridgehead atoms. The van der Waals surface area contributed by atoms with E-state index in [0.29, 0.717) is 0 Å². The molecule has 6 heteroatoms. The molecular weight excluding hydrogens is 1750 g/mol. The summed E-state index contributed by atoms with van der Waals surface area (Å²) in [6.45, 7) is 0. The summed E-state index contributed by atoms with van der Waals surface area (Å²) in [5, 5.41) is 14.3. The molecule has 0 saturated heterocycles. The monoisotopic (exact) mass is 1840 g/mol. The van der Waals surface area contributed by atoms with E-state index in [4.69, 9.17) is 13.3 Å². The Morgan fingerprint density at radius 1 is 0.111 bits per heavy atom. The van der Waals surface area contributed by atoms with E-state index < -0.39 is 0 Å². The van der Waals surface area contributed by atoms with Gasteiger partial charge in [0, 0.05) is 83.5 Å². The predicted molar refractivity (Wildman–Crippen MR) is 607 cm³/mol. The fourth-order valence-corrected chi connectivity index (χ4v) is 20.7. The van der Waals surface area contributed by atoms with E-state index >= 15 is 0 Å². The van der Waals surface area contributed by atoms with Gasteiger partial charge in [0.05, 0.1) is 0 Å². The Labute approximate surface area is 835 Å². The maximum atomic E-state index is 6.27. The standard InChI is InChI=1S/3C46H31NO/c1-3-11-32(12-4-1)36-23-27-45-43(30-36)44-31-37(24-28-46(44)48-45)35-15-9-18-40(29-35)47(38-16-5-2-6-17-38)39-25-21-34(22-26-39)42-20-10-14-33-13-7-8-19-41(33)42;1-2-11-32(12-3-1)36-15-8-16-39(31-36)47(37-27-23-34(24-28-37)41-19-9-14-33-13-4-5-17-40(33)41)38-29-25-35(26-30-38)42-20-10-22-45-46(42)43-18-6-7-21-44(43)48-45;1-2-10-32(11-3-1)34-20-25-39(26-21-34)47(41-29-24-33-12-4-5-13-37(33)31-41)40-27-22-35(23-28-40)36-14-8-15-38(30-36)42-17-9-19-45-46(42)43-16-6-7-18-44(43)48-45/h3*1-31H. The largest absolute Gasteiger partial charge is 0.456 e. The van der Waals surface area contributed by atoms with E-state index in [-0.39, 0.29) is 0 Å². The summed E-state index contributed by atoms with van der Waals surface area (Å²) in [4.78, 5) is 7.01. The summed E-state index contributed by atoms with van der Waals surface area (Å²) in [5.41, 5.74) is 36.7. The second-order valence-electron chi connectivity index (χ2n) is 36.5. The molecule has 3 heterocycles. The molecule has 3 aromatic heterocycles. The van der Waals surface area contributed by atoms with Crippen LogP contribution in [0.15, 0.2) is 577 Å². The zero-order valence-corrected chi connectivity index (χ0v) is 78.8. The molecule has 0 aliphatic heterocycles. The summed E-state index contributed by atoms with van der Waals surface area (Å²) in [6.07, 6.45) is 0. The average molecular weight is 1840 g/mol. The number of para-hydroxylation sites is 3. The normalized spacial score (nSPS) is 11.3. The molecule has 0 fully saturated rings. The molecule has 144 heavy (non-hydrogen) atoms. The summed E-state index contributed by atoms with van der Waals surface area (Å²) in [6, 6.07) is 201. The van der Waals surface area contributed by atoms with Crippen molar-refractivity contribution in [3.8, 4) is 100 Å². The quantitative estimate of drug-likeness (QED) is 0.0853. The van der Waals surface area contributed by atoms with Crippen LogP contribution in [0.25, 0.3) is 198 Å². The fourth-order valence-electron chi connectivity index (χ4n) is 20.7. The molecule has 0 atom stereocenters. The zero-order chi connectivity index (χ0) is 95.6. The lowest BCUT2D eigenvalue weighted by Crippen LogP contribution is -2.10. The summed E-state index contributed by atoms with van der Waals surface area (Å²) in [5.74, 6) is 0. The van der Waals surface area contributed by atoms with Crippen molar-refractivity contribution in [2.24, 2.45) is 0 Å². The summed E-state index contributed by atoms with van der Waals surface area (Å²) >= 11 is 0. The smallest absolute Gasteiger partial charge is 0.136 e. The van der Waals surface area contributed by atoms with Gasteiger partial charge in [-0.05, 0) is 296 Å². The van der Waals surface area contributed by atoms with Gasteiger partial charge in [-0.2, -0.15) is 0 Å². The predicted octanol–water partition coefficient (Wildman–Crippen LogP) is 39.6. The average Bonchev–Trinajstić information content (AvgIpc) is 1.53. The molecule has 0 aliphatic carbocycles. The van der Waals surface area contributed by atoms with Crippen molar-refractivity contribution in [3.63, 3.8) is 0 Å². The maximum absolute atomic E-state index is 6.27. The number of furan rings is 3. The molecule has 0 unspecified atom stereocenters. The zero-order valence-electron chi connectivity index (χ0n) is 78.8. The Morgan fingerprint density at radius 2 is 0.361 bits per heavy atom. The van der Waals surface area contributed by atoms with Gasteiger partial charge < -0.3 is 28.0 Å². The minimum atomic E-state index is 0.896. The van der Waals surface area contributed by atoms with E-state index in [1.165, 1.54) is 116 Å². The number of fused-ring (bicyclic) bond motifs is 12. The van der Waals surface area contributed by atoms with Crippen LogP contribution in [-0.4, -0.2) is 0 Å². The van der Waals surface area contributed by atoms with Crippen molar-refractivity contribution in [2.75, 3.05) is 14.7 Å². The minimum Gasteiger partial charge on any atom is -0.456 e. The van der Waals surface area contributed by atoms with Gasteiger partial charge in [-0.25, -0.2) is 0 Å². The molecule has 27 rings (SSSR count). The number of anilines is 9. The molecule has 0 radical (unpaired) electrons. The molecular formula is C138H93N3O3. The van der Waals surface area contributed by atoms with Crippen LogP contribution in [0.1, 0.15) is 0 Å². The third-order valence-corrected chi connectivity index (χ3v) is 27.8. The first-order valence-corrected chi connectivity index (χ1v) is 49.0. The van der Waals surface area contributed by atoms with E-state index in [1.807, 2.05) is 24.3 Å². The maximum Gasteiger partial charge on any atom is 0.136 e. The number of nitrogens with zero attached hydrogens (tertiary/aromatic N) is 3. The van der Waals surface area contributed by atoms with Crippen LogP contribution in [-0.2, 0) is 0 Å². The third kappa shape index (κ3) is 17.1. The van der Waals surface area contributed by atoms with E-state index in [0.717, 1.165) is 134 Å². The molecule has 0 N–H and O–H groups in total. The highest BCUT2D eigenvalue weighted by atomic mass is 16.3. The summed E-state index contributed by atoms with van der Waals surface area (Å²) in [7, 11) is 0. The van der Waals surface area contributed by atoms with Gasteiger partial charge in [-0.3, -0.25) is 0 Å². The second kappa shape index (κ2) is 38.3. The van der Waals surface area contributed by atoms with Crippen molar-refractivity contribution in [1.29, 1.82) is 0 Å². The van der Waals surface area contributed by atoms with Crippen LogP contribution in [0.5, 0.6) is 0 Å². The van der Waals surface area contributed by atoms with Gasteiger partial charge in [0.25, 0.3) is 0 Å². The number of hydrogen-bond donors (Lipinski definition) is 0. The highest BCUT2D eigenvalue weighted by Gasteiger charge is 2.23. The van der Waals surface area contributed by atoms with Crippen molar-refractivity contribution in [2.45, 2.75) is 0 Å². The molecule has 0 aliphatic rings. The Hall–Kier alpha value is -19.1. The van der Waals surface area contributed by atoms with E-state index in [1.54, 1.807) is 0 Å². The van der Waals surface area contributed by atoms with E-state index in [2.05, 4.69) is 555 Å². The minimum absolute atomic E-state index is 0.896. The molecule has 27 aromatic rings. The summed E-state index contributed by atoms with van der Waals surface area (Å²) < 4.78 is 18.7. The molecule has 0 saturated carbocycles. The van der Waals surface area contributed by atoms with E-state index in [9.17, 15) is 0 Å². The van der Waals surface area contributed by atoms with Crippen LogP contribution in [0.4, 0.5) is 51.2 Å². The lowest BCUT2D eigenvalue weighted by molar-refractivity contribution is 0.668. The Balaban J connectivity index is 0.000000113. The van der Waals surface area contributed by atoms with Gasteiger partial charge in [-0.1, -0.05) is 400 Å². The first kappa shape index (κ1) is 86.4. The first-order chi connectivity index (χ1) is 71.4. The molecule has 678 valence electrons.